The SMILES string of the molecule is O=Cc1ccccc1-c1c2ccc(O)cc2[o+]c2cc(O)ccc12. The summed E-state index contributed by atoms with van der Waals surface area (Å²) < 4.78 is 5.84. The molecule has 0 saturated carbocycles. The molecule has 4 aromatic rings. The number of carbonyl (C=O) groups excluding carboxylic acids is 1. The van der Waals surface area contributed by atoms with Crippen LogP contribution in [-0.4, -0.2) is 16.5 Å². The molecular weight excluding hydrogens is 304 g/mol. The second-order valence-corrected chi connectivity index (χ2v) is 5.54. The number of benzene rings is 3. The Kier molecular flexibility index (Phi) is 3.17. The number of hydrogen-bond acceptors (Lipinski definition) is 3. The normalized spacial score (nSPS) is 11.0. The standard InChI is InChI=1S/C20H12O4/c21-11-12-3-1-2-4-15(12)20-16-7-5-13(22)9-18(16)24-19-10-14(23)6-8-17(19)20/h1-11H,(H-,22,23)/p+1. The molecule has 0 radical (unpaired) electrons. The molecule has 4 heteroatoms. The van der Waals surface area contributed by atoms with E-state index in [4.69, 9.17) is 4.42 Å². The van der Waals surface area contributed by atoms with Crippen LogP contribution in [0.3, 0.4) is 0 Å². The molecule has 2 N–H and O–H groups in total. The zero-order chi connectivity index (χ0) is 16.7. The van der Waals surface area contributed by atoms with E-state index in [1.165, 1.54) is 12.1 Å². The Labute approximate surface area is 137 Å². The monoisotopic (exact) mass is 317 g/mol. The molecular formula is C20H13O4+. The van der Waals surface area contributed by atoms with Gasteiger partial charge in [-0.2, -0.15) is 0 Å². The zero-order valence-corrected chi connectivity index (χ0v) is 12.6. The number of aldehydes is 1. The van der Waals surface area contributed by atoms with E-state index in [2.05, 4.69) is 0 Å². The van der Waals surface area contributed by atoms with E-state index in [0.717, 1.165) is 28.2 Å². The molecule has 0 aliphatic heterocycles. The van der Waals surface area contributed by atoms with Gasteiger partial charge in [0.1, 0.15) is 11.5 Å². The molecule has 0 saturated heterocycles. The van der Waals surface area contributed by atoms with Crippen molar-refractivity contribution in [2.45, 2.75) is 0 Å². The zero-order valence-electron chi connectivity index (χ0n) is 12.6. The predicted octanol–water partition coefficient (Wildman–Crippen LogP) is 4.76. The molecule has 0 aliphatic carbocycles. The van der Waals surface area contributed by atoms with Crippen LogP contribution >= 0.6 is 0 Å². The van der Waals surface area contributed by atoms with Crippen LogP contribution in [0.2, 0.25) is 0 Å². The Hall–Kier alpha value is -3.40. The fraction of sp³-hybridized carbons (Fsp3) is 0. The molecule has 4 nitrogen and oxygen atoms in total. The first kappa shape index (κ1) is 14.2. The second-order valence-electron chi connectivity index (χ2n) is 5.54. The number of aromatic hydroxyl groups is 2. The summed E-state index contributed by atoms with van der Waals surface area (Å²) in [4.78, 5) is 11.5. The summed E-state index contributed by atoms with van der Waals surface area (Å²) in [6.07, 6.45) is 0.817. The van der Waals surface area contributed by atoms with Crippen LogP contribution in [-0.2, 0) is 0 Å². The Balaban J connectivity index is 2.23. The maximum atomic E-state index is 11.5. The molecule has 24 heavy (non-hydrogen) atoms. The van der Waals surface area contributed by atoms with Crippen molar-refractivity contribution in [1.82, 2.24) is 0 Å². The Morgan fingerprint density at radius 1 is 0.792 bits per heavy atom. The van der Waals surface area contributed by atoms with Crippen molar-refractivity contribution in [2.75, 3.05) is 0 Å². The van der Waals surface area contributed by atoms with Crippen LogP contribution in [0.15, 0.2) is 65.1 Å². The lowest BCUT2D eigenvalue weighted by Crippen LogP contribution is -1.90. The van der Waals surface area contributed by atoms with Gasteiger partial charge in [0, 0.05) is 11.1 Å². The van der Waals surface area contributed by atoms with Crippen molar-refractivity contribution >= 4 is 28.2 Å². The molecule has 0 amide bonds. The van der Waals surface area contributed by atoms with E-state index in [0.29, 0.717) is 16.7 Å². The van der Waals surface area contributed by atoms with E-state index >= 15 is 0 Å². The molecule has 4 rings (SSSR count). The molecule has 1 aromatic heterocycles. The smallest absolute Gasteiger partial charge is 0.365 e. The highest BCUT2D eigenvalue weighted by Gasteiger charge is 2.22. The van der Waals surface area contributed by atoms with Crippen LogP contribution in [0, 0.1) is 0 Å². The molecule has 0 bridgehead atoms. The highest BCUT2D eigenvalue weighted by atomic mass is 16.3. The lowest BCUT2D eigenvalue weighted by Gasteiger charge is -2.08. The first-order valence-corrected chi connectivity index (χ1v) is 7.43. The van der Waals surface area contributed by atoms with Gasteiger partial charge in [-0.1, -0.05) is 24.3 Å². The molecule has 0 atom stereocenters. The average Bonchev–Trinajstić information content (AvgIpc) is 2.59. The fourth-order valence-electron chi connectivity index (χ4n) is 2.99. The van der Waals surface area contributed by atoms with E-state index in [-0.39, 0.29) is 11.5 Å². The van der Waals surface area contributed by atoms with Gasteiger partial charge >= 0.3 is 11.2 Å². The van der Waals surface area contributed by atoms with Gasteiger partial charge in [0.05, 0.1) is 22.9 Å². The first-order valence-electron chi connectivity index (χ1n) is 7.43. The number of rotatable bonds is 2. The third-order valence-electron chi connectivity index (χ3n) is 4.05. The molecule has 116 valence electrons. The lowest BCUT2D eigenvalue weighted by molar-refractivity contribution is 0.112. The van der Waals surface area contributed by atoms with Crippen molar-refractivity contribution in [2.24, 2.45) is 0 Å². The van der Waals surface area contributed by atoms with E-state index < -0.39 is 0 Å². The number of hydrogen-bond donors (Lipinski definition) is 2. The van der Waals surface area contributed by atoms with Crippen molar-refractivity contribution in [3.63, 3.8) is 0 Å². The van der Waals surface area contributed by atoms with Crippen LogP contribution < -0.4 is 0 Å². The third-order valence-corrected chi connectivity index (χ3v) is 4.05. The van der Waals surface area contributed by atoms with Gasteiger partial charge in [-0.15, -0.1) is 0 Å². The second kappa shape index (κ2) is 5.35. The maximum Gasteiger partial charge on any atom is 0.365 e. The van der Waals surface area contributed by atoms with Gasteiger partial charge in [0.2, 0.25) is 0 Å². The van der Waals surface area contributed by atoms with E-state index in [1.807, 2.05) is 18.2 Å². The van der Waals surface area contributed by atoms with Gasteiger partial charge < -0.3 is 10.2 Å². The fourth-order valence-corrected chi connectivity index (χ4v) is 2.99. The third kappa shape index (κ3) is 2.16. The van der Waals surface area contributed by atoms with E-state index in [9.17, 15) is 15.0 Å². The molecule has 0 spiro atoms. The summed E-state index contributed by atoms with van der Waals surface area (Å²) >= 11 is 0. The minimum atomic E-state index is 0.0837. The largest absolute Gasteiger partial charge is 0.508 e. The van der Waals surface area contributed by atoms with Gasteiger partial charge in [-0.25, -0.2) is 4.42 Å². The summed E-state index contributed by atoms with van der Waals surface area (Å²) in [5.41, 5.74) is 3.11. The summed E-state index contributed by atoms with van der Waals surface area (Å²) in [7, 11) is 0. The molecule has 0 aliphatic rings. The number of phenols is 2. The van der Waals surface area contributed by atoms with Crippen molar-refractivity contribution in [3.05, 3.63) is 66.2 Å². The van der Waals surface area contributed by atoms with Crippen molar-refractivity contribution in [3.8, 4) is 22.6 Å². The summed E-state index contributed by atoms with van der Waals surface area (Å²) in [5.74, 6) is 0.167. The number of fused-ring (bicyclic) bond motifs is 2. The summed E-state index contributed by atoms with van der Waals surface area (Å²) in [6.45, 7) is 0. The quantitative estimate of drug-likeness (QED) is 0.318. The Bertz CT molecular complexity index is 1040. The van der Waals surface area contributed by atoms with Crippen molar-refractivity contribution in [1.29, 1.82) is 0 Å². The highest BCUT2D eigenvalue weighted by molar-refractivity contribution is 6.10. The Morgan fingerprint density at radius 2 is 1.38 bits per heavy atom. The average molecular weight is 317 g/mol. The van der Waals surface area contributed by atoms with Gasteiger partial charge in [0.25, 0.3) is 0 Å². The highest BCUT2D eigenvalue weighted by Crippen LogP contribution is 2.39. The minimum absolute atomic E-state index is 0.0837. The maximum absolute atomic E-state index is 11.5. The van der Waals surface area contributed by atoms with Gasteiger partial charge in [-0.05, 0) is 29.8 Å². The van der Waals surface area contributed by atoms with Crippen LogP contribution in [0.25, 0.3) is 33.1 Å². The number of carbonyl (C=O) groups is 1. The molecule has 1 heterocycles. The Morgan fingerprint density at radius 3 is 1.96 bits per heavy atom. The molecule has 3 aromatic carbocycles. The van der Waals surface area contributed by atoms with Crippen LogP contribution in [0.4, 0.5) is 0 Å². The lowest BCUT2D eigenvalue weighted by atomic mass is 9.94. The summed E-state index contributed by atoms with van der Waals surface area (Å²) in [5, 5.41) is 21.1. The van der Waals surface area contributed by atoms with Crippen LogP contribution in [0.1, 0.15) is 10.4 Å². The summed E-state index contributed by atoms with van der Waals surface area (Å²) in [6, 6.07) is 17.0. The number of phenolic OH excluding ortho intramolecular Hbond substituents is 2. The van der Waals surface area contributed by atoms with Gasteiger partial charge in [0.15, 0.2) is 6.29 Å². The minimum Gasteiger partial charge on any atom is -0.508 e. The van der Waals surface area contributed by atoms with Crippen molar-refractivity contribution < 1.29 is 19.4 Å². The first-order chi connectivity index (χ1) is 11.7. The predicted molar refractivity (Wildman–Crippen MR) is 92.3 cm³/mol. The molecule has 0 fully saturated rings. The van der Waals surface area contributed by atoms with E-state index in [1.54, 1.807) is 30.3 Å². The van der Waals surface area contributed by atoms with Crippen LogP contribution in [0.5, 0.6) is 11.5 Å². The molecule has 0 unspecified atom stereocenters. The van der Waals surface area contributed by atoms with Gasteiger partial charge in [-0.3, -0.25) is 4.79 Å². The topological polar surface area (TPSA) is 68.8 Å².